The average molecular weight is 232 g/mol. The number of rotatable bonds is 3. The Morgan fingerprint density at radius 2 is 2.18 bits per heavy atom. The number of piperidine rings is 1. The Morgan fingerprint density at radius 1 is 1.41 bits per heavy atom. The molecule has 3 heteroatoms. The van der Waals surface area contributed by atoms with Crippen LogP contribution in [-0.2, 0) is 11.3 Å². The van der Waals surface area contributed by atoms with Crippen LogP contribution < -0.4 is 10.6 Å². The molecule has 1 aliphatic heterocycles. The Bertz CT molecular complexity index is 403. The molecule has 1 heterocycles. The van der Waals surface area contributed by atoms with Gasteiger partial charge in [0.2, 0.25) is 5.91 Å². The maximum absolute atomic E-state index is 11.7. The standard InChI is InChI=1S/C14H20N2O/c1-10-5-3-4-6-12(10)9-16-13-11(2)7-8-15-14(13)17/h3-6,11,13,16H,7-9H2,1-2H3,(H,15,17). The van der Waals surface area contributed by atoms with E-state index in [9.17, 15) is 4.79 Å². The first-order chi connectivity index (χ1) is 8.18. The fourth-order valence-corrected chi connectivity index (χ4v) is 2.28. The molecular formula is C14H20N2O. The lowest BCUT2D eigenvalue weighted by Crippen LogP contribution is -2.52. The molecule has 2 unspecified atom stereocenters. The second-order valence-corrected chi connectivity index (χ2v) is 4.84. The first-order valence-electron chi connectivity index (χ1n) is 6.24. The monoisotopic (exact) mass is 232 g/mol. The van der Waals surface area contributed by atoms with Gasteiger partial charge in [-0.1, -0.05) is 31.2 Å². The van der Waals surface area contributed by atoms with Gasteiger partial charge in [0, 0.05) is 13.1 Å². The lowest BCUT2D eigenvalue weighted by Gasteiger charge is -2.29. The van der Waals surface area contributed by atoms with E-state index in [-0.39, 0.29) is 11.9 Å². The molecule has 1 aromatic carbocycles. The fraction of sp³-hybridized carbons (Fsp3) is 0.500. The van der Waals surface area contributed by atoms with Crippen molar-refractivity contribution in [3.63, 3.8) is 0 Å². The second kappa shape index (κ2) is 5.32. The van der Waals surface area contributed by atoms with Crippen LogP contribution in [-0.4, -0.2) is 18.5 Å². The third-order valence-corrected chi connectivity index (χ3v) is 3.52. The van der Waals surface area contributed by atoms with Gasteiger partial charge in [0.05, 0.1) is 6.04 Å². The van der Waals surface area contributed by atoms with Gasteiger partial charge >= 0.3 is 0 Å². The first kappa shape index (κ1) is 12.1. The predicted octanol–water partition coefficient (Wildman–Crippen LogP) is 1.61. The largest absolute Gasteiger partial charge is 0.355 e. The highest BCUT2D eigenvalue weighted by Crippen LogP contribution is 2.14. The summed E-state index contributed by atoms with van der Waals surface area (Å²) in [7, 11) is 0. The van der Waals surface area contributed by atoms with E-state index in [0.29, 0.717) is 5.92 Å². The molecule has 2 atom stereocenters. The van der Waals surface area contributed by atoms with E-state index in [1.165, 1.54) is 11.1 Å². The van der Waals surface area contributed by atoms with Crippen LogP contribution in [0.2, 0.25) is 0 Å². The number of benzene rings is 1. The zero-order chi connectivity index (χ0) is 12.3. The minimum atomic E-state index is -0.0524. The van der Waals surface area contributed by atoms with Crippen molar-refractivity contribution in [1.29, 1.82) is 0 Å². The minimum absolute atomic E-state index is 0.0524. The number of carbonyl (C=O) groups excluding carboxylic acids is 1. The van der Waals surface area contributed by atoms with Gasteiger partial charge in [0.25, 0.3) is 0 Å². The van der Waals surface area contributed by atoms with Gasteiger partial charge in [-0.3, -0.25) is 4.79 Å². The summed E-state index contributed by atoms with van der Waals surface area (Å²) in [6.07, 6.45) is 1.05. The second-order valence-electron chi connectivity index (χ2n) is 4.84. The summed E-state index contributed by atoms with van der Waals surface area (Å²) in [6.45, 7) is 5.80. The lowest BCUT2D eigenvalue weighted by atomic mass is 9.94. The third kappa shape index (κ3) is 2.86. The maximum Gasteiger partial charge on any atom is 0.237 e. The smallest absolute Gasteiger partial charge is 0.237 e. The SMILES string of the molecule is Cc1ccccc1CNC1C(=O)NCCC1C. The summed E-state index contributed by atoms with van der Waals surface area (Å²) >= 11 is 0. The maximum atomic E-state index is 11.7. The highest BCUT2D eigenvalue weighted by molar-refractivity contribution is 5.82. The molecule has 0 aliphatic carbocycles. The molecule has 0 spiro atoms. The third-order valence-electron chi connectivity index (χ3n) is 3.52. The molecule has 1 amide bonds. The van der Waals surface area contributed by atoms with Crippen LogP contribution in [0.15, 0.2) is 24.3 Å². The molecule has 0 saturated carbocycles. The van der Waals surface area contributed by atoms with Crippen molar-refractivity contribution in [3.8, 4) is 0 Å². The van der Waals surface area contributed by atoms with Gasteiger partial charge < -0.3 is 10.6 Å². The van der Waals surface area contributed by atoms with E-state index in [1.807, 2.05) is 12.1 Å². The molecule has 1 aliphatic rings. The van der Waals surface area contributed by atoms with Crippen LogP contribution in [0, 0.1) is 12.8 Å². The Labute approximate surface area is 103 Å². The minimum Gasteiger partial charge on any atom is -0.355 e. The number of hydrogen-bond acceptors (Lipinski definition) is 2. The van der Waals surface area contributed by atoms with E-state index in [2.05, 4.69) is 36.6 Å². The van der Waals surface area contributed by atoms with E-state index >= 15 is 0 Å². The van der Waals surface area contributed by atoms with E-state index in [4.69, 9.17) is 0 Å². The van der Waals surface area contributed by atoms with Crippen LogP contribution in [0.4, 0.5) is 0 Å². The first-order valence-corrected chi connectivity index (χ1v) is 6.24. The van der Waals surface area contributed by atoms with Crippen molar-refractivity contribution >= 4 is 5.91 Å². The summed E-state index contributed by atoms with van der Waals surface area (Å²) in [5.74, 6) is 0.546. The number of aryl methyl sites for hydroxylation is 1. The Morgan fingerprint density at radius 3 is 2.88 bits per heavy atom. The molecule has 2 rings (SSSR count). The van der Waals surface area contributed by atoms with E-state index in [0.717, 1.165) is 19.5 Å². The van der Waals surface area contributed by atoms with Gasteiger partial charge in [-0.2, -0.15) is 0 Å². The lowest BCUT2D eigenvalue weighted by molar-refractivity contribution is -0.126. The summed E-state index contributed by atoms with van der Waals surface area (Å²) < 4.78 is 0. The highest BCUT2D eigenvalue weighted by atomic mass is 16.2. The molecule has 1 aromatic rings. The van der Waals surface area contributed by atoms with Gasteiger partial charge in [0.1, 0.15) is 0 Å². The van der Waals surface area contributed by atoms with Gasteiger partial charge in [-0.05, 0) is 30.4 Å². The number of hydrogen-bond donors (Lipinski definition) is 2. The van der Waals surface area contributed by atoms with Gasteiger partial charge in [-0.25, -0.2) is 0 Å². The molecule has 0 aromatic heterocycles. The Hall–Kier alpha value is -1.35. The molecule has 1 fully saturated rings. The van der Waals surface area contributed by atoms with Crippen LogP contribution >= 0.6 is 0 Å². The Kier molecular flexibility index (Phi) is 3.79. The number of amides is 1. The molecule has 17 heavy (non-hydrogen) atoms. The highest BCUT2D eigenvalue weighted by Gasteiger charge is 2.27. The molecule has 0 radical (unpaired) electrons. The summed E-state index contributed by atoms with van der Waals surface area (Å²) in [4.78, 5) is 11.7. The Balaban J connectivity index is 1.97. The van der Waals surface area contributed by atoms with Crippen molar-refractivity contribution < 1.29 is 4.79 Å². The van der Waals surface area contributed by atoms with E-state index in [1.54, 1.807) is 0 Å². The molecular weight excluding hydrogens is 212 g/mol. The predicted molar refractivity (Wildman–Crippen MR) is 68.6 cm³/mol. The van der Waals surface area contributed by atoms with Crippen LogP contribution in [0.5, 0.6) is 0 Å². The van der Waals surface area contributed by atoms with Crippen molar-refractivity contribution in [1.82, 2.24) is 10.6 Å². The summed E-state index contributed by atoms with van der Waals surface area (Å²) in [5.41, 5.74) is 2.53. The summed E-state index contributed by atoms with van der Waals surface area (Å²) in [5, 5.41) is 6.28. The topological polar surface area (TPSA) is 41.1 Å². The van der Waals surface area contributed by atoms with Crippen molar-refractivity contribution in [2.45, 2.75) is 32.9 Å². The molecule has 2 N–H and O–H groups in total. The molecule has 1 saturated heterocycles. The molecule has 92 valence electrons. The zero-order valence-electron chi connectivity index (χ0n) is 10.5. The van der Waals surface area contributed by atoms with Crippen LogP contribution in [0.1, 0.15) is 24.5 Å². The number of carbonyl (C=O) groups is 1. The zero-order valence-corrected chi connectivity index (χ0v) is 10.5. The van der Waals surface area contributed by atoms with Crippen molar-refractivity contribution in [2.24, 2.45) is 5.92 Å². The van der Waals surface area contributed by atoms with Crippen LogP contribution in [0.3, 0.4) is 0 Å². The van der Waals surface area contributed by atoms with Gasteiger partial charge in [-0.15, -0.1) is 0 Å². The average Bonchev–Trinajstić information content (AvgIpc) is 2.30. The van der Waals surface area contributed by atoms with Crippen molar-refractivity contribution in [2.75, 3.05) is 6.54 Å². The normalized spacial score (nSPS) is 24.5. The summed E-state index contributed by atoms with van der Waals surface area (Å²) in [6, 6.07) is 8.22. The van der Waals surface area contributed by atoms with Crippen molar-refractivity contribution in [3.05, 3.63) is 35.4 Å². The van der Waals surface area contributed by atoms with Crippen LogP contribution in [0.25, 0.3) is 0 Å². The molecule has 0 bridgehead atoms. The fourth-order valence-electron chi connectivity index (χ4n) is 2.28. The molecule has 3 nitrogen and oxygen atoms in total. The quantitative estimate of drug-likeness (QED) is 0.831. The number of nitrogens with one attached hydrogen (secondary N) is 2. The van der Waals surface area contributed by atoms with E-state index < -0.39 is 0 Å². The van der Waals surface area contributed by atoms with Gasteiger partial charge in [0.15, 0.2) is 0 Å².